The van der Waals surface area contributed by atoms with Crippen molar-refractivity contribution in [2.75, 3.05) is 33.9 Å². The topological polar surface area (TPSA) is 48.0 Å². The molecular weight excluding hydrogens is 440 g/mol. The number of halogens is 2. The van der Waals surface area contributed by atoms with Crippen molar-refractivity contribution >= 4 is 5.97 Å². The first-order valence-electron chi connectivity index (χ1n) is 11.5. The Morgan fingerprint density at radius 3 is 2.15 bits per heavy atom. The quantitative estimate of drug-likeness (QED) is 0.394. The van der Waals surface area contributed by atoms with Gasteiger partial charge in [-0.25, -0.2) is 8.78 Å². The molecule has 0 saturated carbocycles. The van der Waals surface area contributed by atoms with E-state index in [-0.39, 0.29) is 17.9 Å². The smallest absolute Gasteiger partial charge is 0.320 e. The molecule has 0 saturated heterocycles. The summed E-state index contributed by atoms with van der Waals surface area (Å²) in [5.41, 5.74) is 1.26. The molecular formula is C27H37F2NO4. The summed E-state index contributed by atoms with van der Waals surface area (Å²) < 4.78 is 44.8. The van der Waals surface area contributed by atoms with Crippen LogP contribution in [0, 0.1) is 11.6 Å². The zero-order valence-corrected chi connectivity index (χ0v) is 21.6. The molecule has 0 heterocycles. The van der Waals surface area contributed by atoms with E-state index in [4.69, 9.17) is 14.2 Å². The van der Waals surface area contributed by atoms with Crippen molar-refractivity contribution in [1.82, 2.24) is 4.90 Å². The molecule has 5 nitrogen and oxygen atoms in total. The highest BCUT2D eigenvalue weighted by Gasteiger charge is 2.23. The third-order valence-electron chi connectivity index (χ3n) is 5.69. The van der Waals surface area contributed by atoms with Crippen LogP contribution in [-0.4, -0.2) is 50.3 Å². The zero-order valence-electron chi connectivity index (χ0n) is 21.6. The van der Waals surface area contributed by atoms with Gasteiger partial charge in [0, 0.05) is 12.1 Å². The molecule has 0 aliphatic heterocycles. The first-order chi connectivity index (χ1) is 15.8. The minimum absolute atomic E-state index is 0.173. The molecule has 2 rings (SSSR count). The Kier molecular flexibility index (Phi) is 9.06. The van der Waals surface area contributed by atoms with Gasteiger partial charge in [-0.3, -0.25) is 9.69 Å². The van der Waals surface area contributed by atoms with Gasteiger partial charge in [-0.1, -0.05) is 33.8 Å². The standard InChI is InChI=1S/C27H37F2NO4/c1-9-27(5,6)34-24(31)17-30(7)12-13-33-23-11-10-18(14-20(23)26(2,3)4)19-15-21(28)25(32-8)22(29)16-19/h10-11,14-16H,9,12-13,17H2,1-8H3. The number of benzene rings is 2. The summed E-state index contributed by atoms with van der Waals surface area (Å²) in [6, 6.07) is 8.01. The number of likely N-dealkylation sites (N-methyl/N-ethyl adjacent to an activating group) is 1. The van der Waals surface area contributed by atoms with Gasteiger partial charge in [0.1, 0.15) is 18.0 Å². The second kappa shape index (κ2) is 11.2. The average Bonchev–Trinajstić information content (AvgIpc) is 2.72. The number of ether oxygens (including phenoxy) is 3. The summed E-state index contributed by atoms with van der Waals surface area (Å²) in [7, 11) is 3.07. The molecule has 7 heteroatoms. The summed E-state index contributed by atoms with van der Waals surface area (Å²) in [5.74, 6) is -1.48. The van der Waals surface area contributed by atoms with Gasteiger partial charge in [0.05, 0.1) is 13.7 Å². The Morgan fingerprint density at radius 1 is 1.00 bits per heavy atom. The minimum atomic E-state index is -0.751. The summed E-state index contributed by atoms with van der Waals surface area (Å²) in [4.78, 5) is 14.0. The number of carbonyl (C=O) groups excluding carboxylic acids is 1. The van der Waals surface area contributed by atoms with Crippen LogP contribution in [0.15, 0.2) is 30.3 Å². The Hall–Kier alpha value is -2.67. The largest absolute Gasteiger partial charge is 0.492 e. The third kappa shape index (κ3) is 7.42. The highest BCUT2D eigenvalue weighted by atomic mass is 19.1. The lowest BCUT2D eigenvalue weighted by atomic mass is 9.84. The molecule has 0 bridgehead atoms. The second-order valence-corrected chi connectivity index (χ2v) is 10.1. The van der Waals surface area contributed by atoms with Gasteiger partial charge in [-0.15, -0.1) is 0 Å². The molecule has 0 amide bonds. The van der Waals surface area contributed by atoms with Crippen LogP contribution in [0.4, 0.5) is 8.78 Å². The summed E-state index contributed by atoms with van der Waals surface area (Å²) in [6.07, 6.45) is 0.743. The van der Waals surface area contributed by atoms with E-state index in [2.05, 4.69) is 0 Å². The monoisotopic (exact) mass is 477 g/mol. The molecule has 0 aromatic heterocycles. The van der Waals surface area contributed by atoms with E-state index in [1.807, 2.05) is 65.6 Å². The van der Waals surface area contributed by atoms with E-state index in [9.17, 15) is 13.6 Å². The van der Waals surface area contributed by atoms with E-state index >= 15 is 0 Å². The van der Waals surface area contributed by atoms with Crippen LogP contribution in [-0.2, 0) is 14.9 Å². The number of rotatable bonds is 10. The highest BCUT2D eigenvalue weighted by Crippen LogP contribution is 2.36. The van der Waals surface area contributed by atoms with Gasteiger partial charge in [0.25, 0.3) is 0 Å². The molecule has 0 radical (unpaired) electrons. The lowest BCUT2D eigenvalue weighted by Gasteiger charge is -2.26. The van der Waals surface area contributed by atoms with Gasteiger partial charge in [-0.05, 0) is 68.1 Å². The Labute approximate surface area is 202 Å². The average molecular weight is 478 g/mol. The molecule has 2 aromatic rings. The van der Waals surface area contributed by atoms with E-state index in [1.165, 1.54) is 19.2 Å². The van der Waals surface area contributed by atoms with Crippen molar-refractivity contribution in [2.24, 2.45) is 0 Å². The molecule has 0 atom stereocenters. The van der Waals surface area contributed by atoms with E-state index < -0.39 is 23.0 Å². The second-order valence-electron chi connectivity index (χ2n) is 10.1. The molecule has 188 valence electrons. The maximum absolute atomic E-state index is 14.2. The van der Waals surface area contributed by atoms with E-state index in [0.29, 0.717) is 30.0 Å². The SMILES string of the molecule is CCC(C)(C)OC(=O)CN(C)CCOc1ccc(-c2cc(F)c(OC)c(F)c2)cc1C(C)(C)C. The van der Waals surface area contributed by atoms with Crippen molar-refractivity contribution in [3.63, 3.8) is 0 Å². The lowest BCUT2D eigenvalue weighted by Crippen LogP contribution is -2.35. The van der Waals surface area contributed by atoms with Gasteiger partial charge in [0.15, 0.2) is 17.4 Å². The molecule has 0 aliphatic carbocycles. The first-order valence-corrected chi connectivity index (χ1v) is 11.5. The fraction of sp³-hybridized carbons (Fsp3) is 0.519. The number of carbonyl (C=O) groups is 1. The number of hydrogen-bond donors (Lipinski definition) is 0. The van der Waals surface area contributed by atoms with Crippen molar-refractivity contribution in [3.8, 4) is 22.6 Å². The molecule has 0 N–H and O–H groups in total. The predicted molar refractivity (Wildman–Crippen MR) is 131 cm³/mol. The van der Waals surface area contributed by atoms with Crippen molar-refractivity contribution in [1.29, 1.82) is 0 Å². The van der Waals surface area contributed by atoms with Crippen molar-refractivity contribution in [2.45, 2.75) is 59.0 Å². The van der Waals surface area contributed by atoms with Gasteiger partial charge in [-0.2, -0.15) is 0 Å². The summed E-state index contributed by atoms with van der Waals surface area (Å²) >= 11 is 0. The fourth-order valence-electron chi connectivity index (χ4n) is 3.37. The van der Waals surface area contributed by atoms with Crippen molar-refractivity contribution < 1.29 is 27.8 Å². The maximum atomic E-state index is 14.2. The van der Waals surface area contributed by atoms with Crippen LogP contribution in [0.1, 0.15) is 53.5 Å². The van der Waals surface area contributed by atoms with Crippen LogP contribution in [0.5, 0.6) is 11.5 Å². The number of methoxy groups -OCH3 is 1. The summed E-state index contributed by atoms with van der Waals surface area (Å²) in [5, 5.41) is 0. The van der Waals surface area contributed by atoms with Crippen LogP contribution in [0.25, 0.3) is 11.1 Å². The third-order valence-corrected chi connectivity index (χ3v) is 5.69. The zero-order chi connectivity index (χ0) is 25.7. The predicted octanol–water partition coefficient (Wildman–Crippen LogP) is 5.98. The van der Waals surface area contributed by atoms with Crippen LogP contribution in [0.2, 0.25) is 0 Å². The van der Waals surface area contributed by atoms with Crippen LogP contribution >= 0.6 is 0 Å². The Morgan fingerprint density at radius 2 is 1.62 bits per heavy atom. The highest BCUT2D eigenvalue weighted by molar-refractivity contribution is 5.72. The van der Waals surface area contributed by atoms with E-state index in [1.54, 1.807) is 6.07 Å². The van der Waals surface area contributed by atoms with Gasteiger partial charge in [0.2, 0.25) is 0 Å². The van der Waals surface area contributed by atoms with Gasteiger partial charge >= 0.3 is 5.97 Å². The molecule has 0 spiro atoms. The Bertz CT molecular complexity index is 976. The molecule has 0 aliphatic rings. The lowest BCUT2D eigenvalue weighted by molar-refractivity contribution is -0.157. The molecule has 2 aromatic carbocycles. The number of hydrogen-bond acceptors (Lipinski definition) is 5. The van der Waals surface area contributed by atoms with Gasteiger partial charge < -0.3 is 14.2 Å². The normalized spacial score (nSPS) is 12.1. The van der Waals surface area contributed by atoms with Crippen LogP contribution in [0.3, 0.4) is 0 Å². The Balaban J connectivity index is 2.13. The maximum Gasteiger partial charge on any atom is 0.320 e. The molecule has 0 fully saturated rings. The van der Waals surface area contributed by atoms with E-state index in [0.717, 1.165) is 12.0 Å². The fourth-order valence-corrected chi connectivity index (χ4v) is 3.37. The summed E-state index contributed by atoms with van der Waals surface area (Å²) in [6.45, 7) is 13.0. The number of esters is 1. The van der Waals surface area contributed by atoms with Crippen molar-refractivity contribution in [3.05, 3.63) is 47.5 Å². The number of nitrogens with zero attached hydrogens (tertiary/aromatic N) is 1. The molecule has 0 unspecified atom stereocenters. The molecule has 34 heavy (non-hydrogen) atoms. The first kappa shape index (κ1) is 27.6. The van der Waals surface area contributed by atoms with Crippen LogP contribution < -0.4 is 9.47 Å². The minimum Gasteiger partial charge on any atom is -0.492 e.